The Balaban J connectivity index is 1.67. The first-order valence-corrected chi connectivity index (χ1v) is 8.51. The van der Waals surface area contributed by atoms with Crippen LogP contribution in [0.25, 0.3) is 0 Å². The van der Waals surface area contributed by atoms with Gasteiger partial charge in [0.2, 0.25) is 11.8 Å². The van der Waals surface area contributed by atoms with Crippen molar-refractivity contribution in [2.24, 2.45) is 0 Å². The van der Waals surface area contributed by atoms with Crippen LogP contribution in [-0.4, -0.2) is 51.8 Å². The molecule has 1 aliphatic heterocycles. The Morgan fingerprint density at radius 2 is 2.26 bits per heavy atom. The van der Waals surface area contributed by atoms with Crippen molar-refractivity contribution in [2.45, 2.75) is 25.3 Å². The van der Waals surface area contributed by atoms with E-state index < -0.39 is 6.09 Å². The van der Waals surface area contributed by atoms with E-state index in [1.807, 2.05) is 0 Å². The molecule has 10 nitrogen and oxygen atoms in total. The number of methoxy groups -OCH3 is 1. The van der Waals surface area contributed by atoms with Gasteiger partial charge in [0, 0.05) is 24.0 Å². The lowest BCUT2D eigenvalue weighted by Gasteiger charge is -2.29. The Bertz CT molecular complexity index is 918. The lowest BCUT2D eigenvalue weighted by Crippen LogP contribution is -2.40. The molecule has 3 N–H and O–H groups in total. The van der Waals surface area contributed by atoms with Crippen molar-refractivity contribution in [3.8, 4) is 5.88 Å². The molecule has 2 aliphatic rings. The summed E-state index contributed by atoms with van der Waals surface area (Å²) in [5.41, 5.74) is 2.40. The molecule has 3 heterocycles. The molecule has 2 aromatic rings. The smallest absolute Gasteiger partial charge is 0.404 e. The van der Waals surface area contributed by atoms with Gasteiger partial charge in [0.25, 0.3) is 5.91 Å². The molecule has 2 aromatic heterocycles. The number of hydrogen-bond acceptors (Lipinski definition) is 7. The molecule has 0 bridgehead atoms. The molecule has 1 unspecified atom stereocenters. The van der Waals surface area contributed by atoms with E-state index in [-0.39, 0.29) is 24.4 Å². The van der Waals surface area contributed by atoms with Crippen LogP contribution in [0.1, 0.15) is 17.7 Å². The Hall–Kier alpha value is -3.43. The first kappa shape index (κ1) is 17.0. The number of anilines is 3. The zero-order chi connectivity index (χ0) is 19.0. The van der Waals surface area contributed by atoms with Crippen LogP contribution >= 0.6 is 0 Å². The highest BCUT2D eigenvalue weighted by atomic mass is 16.5. The Labute approximate surface area is 154 Å². The predicted octanol–water partition coefficient (Wildman–Crippen LogP) is 1.10. The van der Waals surface area contributed by atoms with Gasteiger partial charge in [0.1, 0.15) is 0 Å². The van der Waals surface area contributed by atoms with Gasteiger partial charge in [0.15, 0.2) is 5.82 Å². The highest BCUT2D eigenvalue weighted by molar-refractivity contribution is 6.05. The number of hydrogen-bond donors (Lipinski definition) is 3. The second kappa shape index (κ2) is 6.71. The van der Waals surface area contributed by atoms with E-state index in [2.05, 4.69) is 25.6 Å². The molecule has 140 valence electrons. The number of carboxylic acid groups (broad SMARTS) is 1. The highest BCUT2D eigenvalue weighted by Crippen LogP contribution is 2.34. The normalized spacial score (nSPS) is 18.2. The third kappa shape index (κ3) is 3.21. The van der Waals surface area contributed by atoms with Crippen LogP contribution in [0.5, 0.6) is 5.88 Å². The topological polar surface area (TPSA) is 130 Å². The van der Waals surface area contributed by atoms with Crippen molar-refractivity contribution in [1.82, 2.24) is 20.3 Å². The van der Waals surface area contributed by atoms with Crippen LogP contribution in [0.4, 0.5) is 22.2 Å². The molecule has 0 saturated carbocycles. The van der Waals surface area contributed by atoms with Crippen molar-refractivity contribution in [2.75, 3.05) is 23.9 Å². The standard InChI is InChI=1S/C17H18N6O4/c1-27-13-5-4-12-15(22-13)23(14(24)8-18-12)16-19-7-9-6-10(20-17(25)26)2-3-11(9)21-16/h4-5,7,10,18,20H,2-3,6,8H2,1H3,(H,25,26). The van der Waals surface area contributed by atoms with E-state index in [1.54, 1.807) is 18.3 Å². The number of rotatable bonds is 3. The van der Waals surface area contributed by atoms with E-state index in [9.17, 15) is 9.59 Å². The number of nitrogens with one attached hydrogen (secondary N) is 2. The third-order valence-electron chi connectivity index (χ3n) is 4.61. The molecule has 1 aliphatic carbocycles. The zero-order valence-corrected chi connectivity index (χ0v) is 14.6. The van der Waals surface area contributed by atoms with Crippen LogP contribution < -0.4 is 20.3 Å². The first-order valence-electron chi connectivity index (χ1n) is 8.51. The fraction of sp³-hybridized carbons (Fsp3) is 0.353. The van der Waals surface area contributed by atoms with Gasteiger partial charge in [-0.2, -0.15) is 4.98 Å². The van der Waals surface area contributed by atoms with E-state index in [4.69, 9.17) is 9.84 Å². The second-order valence-corrected chi connectivity index (χ2v) is 6.34. The molecule has 4 rings (SSSR count). The zero-order valence-electron chi connectivity index (χ0n) is 14.6. The van der Waals surface area contributed by atoms with E-state index in [1.165, 1.54) is 12.0 Å². The van der Waals surface area contributed by atoms with Gasteiger partial charge in [-0.1, -0.05) is 0 Å². The molecule has 0 spiro atoms. The number of amides is 2. The molecular weight excluding hydrogens is 352 g/mol. The maximum Gasteiger partial charge on any atom is 0.404 e. The summed E-state index contributed by atoms with van der Waals surface area (Å²) >= 11 is 0. The predicted molar refractivity (Wildman–Crippen MR) is 95.4 cm³/mol. The van der Waals surface area contributed by atoms with Crippen LogP contribution in [0.3, 0.4) is 0 Å². The fourth-order valence-corrected chi connectivity index (χ4v) is 3.33. The summed E-state index contributed by atoms with van der Waals surface area (Å²) in [5, 5.41) is 14.4. The van der Waals surface area contributed by atoms with Crippen LogP contribution in [0, 0.1) is 0 Å². The monoisotopic (exact) mass is 370 g/mol. The molecular formula is C17H18N6O4. The van der Waals surface area contributed by atoms with Gasteiger partial charge in [-0.3, -0.25) is 4.79 Å². The quantitative estimate of drug-likeness (QED) is 0.732. The third-order valence-corrected chi connectivity index (χ3v) is 4.61. The Morgan fingerprint density at radius 1 is 1.41 bits per heavy atom. The number of aromatic nitrogens is 3. The van der Waals surface area contributed by atoms with Gasteiger partial charge in [-0.05, 0) is 30.9 Å². The van der Waals surface area contributed by atoms with Crippen LogP contribution in [0.2, 0.25) is 0 Å². The molecule has 0 radical (unpaired) electrons. The molecule has 0 saturated heterocycles. The molecule has 1 atom stereocenters. The summed E-state index contributed by atoms with van der Waals surface area (Å²) in [6, 6.07) is 3.35. The first-order chi connectivity index (χ1) is 13.0. The number of fused-ring (bicyclic) bond motifs is 2. The van der Waals surface area contributed by atoms with Crippen LogP contribution in [-0.2, 0) is 17.6 Å². The number of aryl methyl sites for hydroxylation is 1. The van der Waals surface area contributed by atoms with Gasteiger partial charge in [-0.25, -0.2) is 19.7 Å². The summed E-state index contributed by atoms with van der Waals surface area (Å²) < 4.78 is 5.16. The molecule has 10 heteroatoms. The van der Waals surface area contributed by atoms with Gasteiger partial charge >= 0.3 is 6.09 Å². The van der Waals surface area contributed by atoms with E-state index in [0.29, 0.717) is 36.6 Å². The van der Waals surface area contributed by atoms with Crippen LogP contribution in [0.15, 0.2) is 18.3 Å². The van der Waals surface area contributed by atoms with Crippen molar-refractivity contribution in [3.05, 3.63) is 29.6 Å². The average molecular weight is 370 g/mol. The average Bonchev–Trinajstić information content (AvgIpc) is 2.66. The number of carbonyl (C=O) groups is 2. The van der Waals surface area contributed by atoms with Crippen molar-refractivity contribution < 1.29 is 19.4 Å². The van der Waals surface area contributed by atoms with Gasteiger partial charge < -0.3 is 20.5 Å². The lowest BCUT2D eigenvalue weighted by atomic mass is 9.93. The van der Waals surface area contributed by atoms with Gasteiger partial charge in [0.05, 0.1) is 19.3 Å². The van der Waals surface area contributed by atoms with Crippen molar-refractivity contribution in [1.29, 1.82) is 0 Å². The Morgan fingerprint density at radius 3 is 3.04 bits per heavy atom. The molecule has 0 fully saturated rings. The highest BCUT2D eigenvalue weighted by Gasteiger charge is 2.31. The number of nitrogens with zero attached hydrogens (tertiary/aromatic N) is 4. The summed E-state index contributed by atoms with van der Waals surface area (Å²) in [6.07, 6.45) is 2.40. The minimum Gasteiger partial charge on any atom is -0.481 e. The van der Waals surface area contributed by atoms with E-state index in [0.717, 1.165) is 11.3 Å². The Kier molecular flexibility index (Phi) is 4.22. The number of carbonyl (C=O) groups excluding carboxylic acids is 1. The van der Waals surface area contributed by atoms with Crippen molar-refractivity contribution in [3.63, 3.8) is 0 Å². The lowest BCUT2D eigenvalue weighted by molar-refractivity contribution is -0.116. The molecule has 2 amide bonds. The number of pyridine rings is 1. The second-order valence-electron chi connectivity index (χ2n) is 6.34. The van der Waals surface area contributed by atoms with E-state index >= 15 is 0 Å². The largest absolute Gasteiger partial charge is 0.481 e. The fourth-order valence-electron chi connectivity index (χ4n) is 3.33. The summed E-state index contributed by atoms with van der Waals surface area (Å²) in [7, 11) is 1.51. The summed E-state index contributed by atoms with van der Waals surface area (Å²) in [6.45, 7) is 0.117. The molecule has 0 aromatic carbocycles. The summed E-state index contributed by atoms with van der Waals surface area (Å²) in [4.78, 5) is 38.0. The number of ether oxygens (including phenoxy) is 1. The minimum absolute atomic E-state index is 0.117. The SMILES string of the molecule is COc1ccc2c(n1)N(c1ncc3c(n1)CCC(NC(=O)O)C3)C(=O)CN2. The minimum atomic E-state index is -1.04. The van der Waals surface area contributed by atoms with Gasteiger partial charge in [-0.15, -0.1) is 0 Å². The maximum atomic E-state index is 12.5. The summed E-state index contributed by atoms with van der Waals surface area (Å²) in [5.74, 6) is 0.818. The maximum absolute atomic E-state index is 12.5. The van der Waals surface area contributed by atoms with Crippen molar-refractivity contribution >= 4 is 29.5 Å². The molecule has 27 heavy (non-hydrogen) atoms.